The maximum absolute atomic E-state index is 12.7. The molecule has 0 bridgehead atoms. The number of pyridine rings is 1. The van der Waals surface area contributed by atoms with E-state index in [9.17, 15) is 4.79 Å². The van der Waals surface area contributed by atoms with Gasteiger partial charge in [0.1, 0.15) is 11.9 Å². The van der Waals surface area contributed by atoms with Crippen molar-refractivity contribution in [1.29, 1.82) is 0 Å². The molecule has 1 saturated heterocycles. The van der Waals surface area contributed by atoms with Gasteiger partial charge in [0.25, 0.3) is 0 Å². The van der Waals surface area contributed by atoms with E-state index in [4.69, 9.17) is 4.74 Å². The minimum absolute atomic E-state index is 0.0999. The fourth-order valence-electron chi connectivity index (χ4n) is 3.15. The molecule has 140 valence electrons. The average molecular weight is 375 g/mol. The Morgan fingerprint density at radius 3 is 2.92 bits per heavy atom. The third-order valence-electron chi connectivity index (χ3n) is 4.67. The standard InChI is InChI=1S/C19H26N4O2S/c1-4-14(5-2)18(24)23-9-10-25-16(12-23)15-7-6-8-17(21-15)22-19-20-11-13(3)26-19/h6-8,11,14,16H,4-5,9-10,12H2,1-3H3,(H,20,21,22). The average Bonchev–Trinajstić information content (AvgIpc) is 3.07. The fourth-order valence-corrected chi connectivity index (χ4v) is 3.82. The number of thiazole rings is 1. The van der Waals surface area contributed by atoms with Crippen molar-refractivity contribution in [2.45, 2.75) is 39.7 Å². The van der Waals surface area contributed by atoms with Gasteiger partial charge in [-0.15, -0.1) is 11.3 Å². The number of carbonyl (C=O) groups is 1. The van der Waals surface area contributed by atoms with Crippen molar-refractivity contribution in [3.05, 3.63) is 35.0 Å². The van der Waals surface area contributed by atoms with E-state index in [1.165, 1.54) is 0 Å². The van der Waals surface area contributed by atoms with Crippen LogP contribution in [0.25, 0.3) is 0 Å². The number of carbonyl (C=O) groups excluding carboxylic acids is 1. The van der Waals surface area contributed by atoms with Gasteiger partial charge in [-0.1, -0.05) is 19.9 Å². The first kappa shape index (κ1) is 18.8. The van der Waals surface area contributed by atoms with E-state index in [-0.39, 0.29) is 17.9 Å². The Hall–Kier alpha value is -1.99. The lowest BCUT2D eigenvalue weighted by Crippen LogP contribution is -2.45. The number of nitrogens with zero attached hydrogens (tertiary/aromatic N) is 3. The van der Waals surface area contributed by atoms with Gasteiger partial charge >= 0.3 is 0 Å². The molecule has 1 aliphatic rings. The number of nitrogens with one attached hydrogen (secondary N) is 1. The summed E-state index contributed by atoms with van der Waals surface area (Å²) >= 11 is 1.59. The van der Waals surface area contributed by atoms with E-state index in [1.807, 2.05) is 36.2 Å². The second kappa shape index (κ2) is 8.60. The van der Waals surface area contributed by atoms with Crippen LogP contribution in [0.15, 0.2) is 24.4 Å². The third kappa shape index (κ3) is 4.40. The van der Waals surface area contributed by atoms with Gasteiger partial charge in [-0.05, 0) is 31.9 Å². The number of hydrogen-bond acceptors (Lipinski definition) is 6. The quantitative estimate of drug-likeness (QED) is 0.830. The molecular weight excluding hydrogens is 348 g/mol. The number of hydrogen-bond donors (Lipinski definition) is 1. The number of rotatable bonds is 6. The zero-order valence-electron chi connectivity index (χ0n) is 15.6. The number of aromatic nitrogens is 2. The zero-order chi connectivity index (χ0) is 18.5. The monoisotopic (exact) mass is 374 g/mol. The molecule has 2 aromatic rings. The third-order valence-corrected chi connectivity index (χ3v) is 5.50. The Balaban J connectivity index is 1.70. The van der Waals surface area contributed by atoms with Crippen molar-refractivity contribution in [3.63, 3.8) is 0 Å². The minimum Gasteiger partial charge on any atom is -0.368 e. The number of morpholine rings is 1. The number of aryl methyl sites for hydroxylation is 1. The summed E-state index contributed by atoms with van der Waals surface area (Å²) in [6.07, 6.45) is 3.40. The first-order valence-electron chi connectivity index (χ1n) is 9.17. The predicted octanol–water partition coefficient (Wildman–Crippen LogP) is 3.93. The summed E-state index contributed by atoms with van der Waals surface area (Å²) < 4.78 is 5.90. The highest BCUT2D eigenvalue weighted by Crippen LogP contribution is 2.26. The first-order valence-corrected chi connectivity index (χ1v) is 9.99. The Morgan fingerprint density at radius 2 is 2.23 bits per heavy atom. The van der Waals surface area contributed by atoms with Crippen LogP contribution in [-0.2, 0) is 9.53 Å². The molecule has 1 aliphatic heterocycles. The maximum atomic E-state index is 12.7. The van der Waals surface area contributed by atoms with Crippen molar-refractivity contribution < 1.29 is 9.53 Å². The van der Waals surface area contributed by atoms with Gasteiger partial charge in [-0.2, -0.15) is 0 Å². The molecule has 0 spiro atoms. The smallest absolute Gasteiger partial charge is 0.225 e. The molecule has 1 amide bonds. The van der Waals surface area contributed by atoms with Crippen molar-refractivity contribution in [2.24, 2.45) is 5.92 Å². The van der Waals surface area contributed by atoms with Crippen LogP contribution in [0.1, 0.15) is 43.4 Å². The lowest BCUT2D eigenvalue weighted by atomic mass is 10.0. The van der Waals surface area contributed by atoms with Crippen molar-refractivity contribution in [1.82, 2.24) is 14.9 Å². The van der Waals surface area contributed by atoms with E-state index < -0.39 is 0 Å². The summed E-state index contributed by atoms with van der Waals surface area (Å²) in [6, 6.07) is 5.82. The number of anilines is 2. The molecule has 2 aromatic heterocycles. The minimum atomic E-state index is -0.193. The molecular formula is C19H26N4O2S. The van der Waals surface area contributed by atoms with Crippen molar-refractivity contribution in [3.8, 4) is 0 Å². The van der Waals surface area contributed by atoms with Gasteiger partial charge in [-0.3, -0.25) is 4.79 Å². The van der Waals surface area contributed by atoms with Crippen LogP contribution in [0.3, 0.4) is 0 Å². The molecule has 3 heterocycles. The largest absolute Gasteiger partial charge is 0.368 e. The van der Waals surface area contributed by atoms with E-state index in [1.54, 1.807) is 11.3 Å². The Morgan fingerprint density at radius 1 is 1.42 bits per heavy atom. The van der Waals surface area contributed by atoms with Crippen LogP contribution in [0.4, 0.5) is 10.9 Å². The number of ether oxygens (including phenoxy) is 1. The van der Waals surface area contributed by atoms with Crippen LogP contribution in [-0.4, -0.2) is 40.5 Å². The molecule has 1 fully saturated rings. The Bertz CT molecular complexity index is 745. The van der Waals surface area contributed by atoms with E-state index in [0.717, 1.165) is 34.4 Å². The predicted molar refractivity (Wildman–Crippen MR) is 104 cm³/mol. The van der Waals surface area contributed by atoms with Gasteiger partial charge in [0.15, 0.2) is 5.13 Å². The molecule has 1 unspecified atom stereocenters. The molecule has 1 N–H and O–H groups in total. The Kier molecular flexibility index (Phi) is 6.21. The molecule has 26 heavy (non-hydrogen) atoms. The molecule has 3 rings (SSSR count). The molecule has 0 saturated carbocycles. The summed E-state index contributed by atoms with van der Waals surface area (Å²) in [4.78, 5) is 24.7. The molecule has 1 atom stereocenters. The second-order valence-electron chi connectivity index (χ2n) is 6.51. The summed E-state index contributed by atoms with van der Waals surface area (Å²) in [6.45, 7) is 7.92. The van der Waals surface area contributed by atoms with Gasteiger partial charge in [0, 0.05) is 23.5 Å². The highest BCUT2D eigenvalue weighted by molar-refractivity contribution is 7.15. The van der Waals surface area contributed by atoms with Gasteiger partial charge in [0.05, 0.1) is 18.8 Å². The maximum Gasteiger partial charge on any atom is 0.225 e. The summed E-state index contributed by atoms with van der Waals surface area (Å²) in [5, 5.41) is 4.06. The van der Waals surface area contributed by atoms with Crippen LogP contribution in [0.5, 0.6) is 0 Å². The normalized spacial score (nSPS) is 17.5. The van der Waals surface area contributed by atoms with Crippen LogP contribution in [0.2, 0.25) is 0 Å². The first-order chi connectivity index (χ1) is 12.6. The molecule has 0 aromatic carbocycles. The second-order valence-corrected chi connectivity index (χ2v) is 7.74. The van der Waals surface area contributed by atoms with E-state index in [0.29, 0.717) is 19.7 Å². The van der Waals surface area contributed by atoms with E-state index in [2.05, 4.69) is 29.1 Å². The van der Waals surface area contributed by atoms with Crippen molar-refractivity contribution >= 4 is 28.2 Å². The molecule has 0 aliphatic carbocycles. The topological polar surface area (TPSA) is 67.3 Å². The Labute approximate surface area is 158 Å². The van der Waals surface area contributed by atoms with Gasteiger partial charge in [0.2, 0.25) is 5.91 Å². The summed E-state index contributed by atoms with van der Waals surface area (Å²) in [5.74, 6) is 1.07. The summed E-state index contributed by atoms with van der Waals surface area (Å²) in [5.41, 5.74) is 0.838. The molecule has 7 heteroatoms. The molecule has 0 radical (unpaired) electrons. The highest BCUT2D eigenvalue weighted by Gasteiger charge is 2.29. The SMILES string of the molecule is CCC(CC)C(=O)N1CCOC(c2cccc(Nc3ncc(C)s3)n2)C1. The summed E-state index contributed by atoms with van der Waals surface area (Å²) in [7, 11) is 0. The van der Waals surface area contributed by atoms with Crippen LogP contribution >= 0.6 is 11.3 Å². The van der Waals surface area contributed by atoms with Crippen LogP contribution in [0, 0.1) is 12.8 Å². The molecule has 6 nitrogen and oxygen atoms in total. The lowest BCUT2D eigenvalue weighted by molar-refractivity contribution is -0.143. The zero-order valence-corrected chi connectivity index (χ0v) is 16.4. The van der Waals surface area contributed by atoms with Gasteiger partial charge in [-0.25, -0.2) is 9.97 Å². The lowest BCUT2D eigenvalue weighted by Gasteiger charge is -2.34. The van der Waals surface area contributed by atoms with Crippen molar-refractivity contribution in [2.75, 3.05) is 25.0 Å². The fraction of sp³-hybridized carbons (Fsp3) is 0.526. The number of amides is 1. The van der Waals surface area contributed by atoms with Crippen LogP contribution < -0.4 is 5.32 Å². The highest BCUT2D eigenvalue weighted by atomic mass is 32.1. The van der Waals surface area contributed by atoms with E-state index >= 15 is 0 Å². The van der Waals surface area contributed by atoms with Gasteiger partial charge < -0.3 is 15.0 Å².